The molecule has 1 aliphatic rings. The molecule has 1 fully saturated rings. The fourth-order valence-electron chi connectivity index (χ4n) is 2.19. The molecule has 4 heteroatoms. The maximum Gasteiger partial charge on any atom is 0.191 e. The molecule has 0 spiro atoms. The zero-order valence-electron chi connectivity index (χ0n) is 13.1. The van der Waals surface area contributed by atoms with E-state index in [9.17, 15) is 5.26 Å². The van der Waals surface area contributed by atoms with Gasteiger partial charge in [0.05, 0.1) is 11.8 Å². The highest BCUT2D eigenvalue weighted by Crippen LogP contribution is 2.53. The summed E-state index contributed by atoms with van der Waals surface area (Å²) in [7, 11) is -1.73. The Balaban J connectivity index is 2.03. The van der Waals surface area contributed by atoms with Gasteiger partial charge in [-0.15, -0.1) is 0 Å². The topological polar surface area (TPSA) is 45.9 Å². The quantitative estimate of drug-likeness (QED) is 0.790. The lowest BCUT2D eigenvalue weighted by Gasteiger charge is -2.36. The highest BCUT2D eigenvalue weighted by atomic mass is 28.4. The second kappa shape index (κ2) is 4.98. The van der Waals surface area contributed by atoms with Crippen molar-refractivity contribution in [3.63, 3.8) is 0 Å². The minimum atomic E-state index is -1.73. The molecular weight excluding hydrogens is 264 g/mol. The highest BCUT2D eigenvalue weighted by molar-refractivity contribution is 6.74. The molecule has 20 heavy (non-hydrogen) atoms. The molecule has 0 aliphatic heterocycles. The van der Waals surface area contributed by atoms with Crippen LogP contribution in [0.5, 0.6) is 0 Å². The number of rotatable bonds is 4. The van der Waals surface area contributed by atoms with E-state index >= 15 is 0 Å². The lowest BCUT2D eigenvalue weighted by Crippen LogP contribution is -2.41. The average Bonchev–Trinajstić information content (AvgIpc) is 3.11. The van der Waals surface area contributed by atoms with Crippen LogP contribution in [0.1, 0.15) is 32.9 Å². The molecule has 0 aromatic carbocycles. The average molecular weight is 288 g/mol. The van der Waals surface area contributed by atoms with Crippen LogP contribution in [0.2, 0.25) is 18.1 Å². The molecule has 0 unspecified atom stereocenters. The minimum absolute atomic E-state index is 0.211. The van der Waals surface area contributed by atoms with Crippen molar-refractivity contribution >= 4 is 8.32 Å². The summed E-state index contributed by atoms with van der Waals surface area (Å²) < 4.78 is 6.26. The lowest BCUT2D eigenvalue weighted by molar-refractivity contribution is 0.265. The summed E-state index contributed by atoms with van der Waals surface area (Å²) in [4.78, 5) is 4.36. The predicted octanol–water partition coefficient (Wildman–Crippen LogP) is 3.88. The van der Waals surface area contributed by atoms with Gasteiger partial charge in [-0.3, -0.25) is 4.98 Å². The van der Waals surface area contributed by atoms with E-state index in [1.807, 2.05) is 18.2 Å². The molecule has 1 aliphatic carbocycles. The Bertz CT molecular complexity index is 516. The molecule has 0 N–H and O–H groups in total. The van der Waals surface area contributed by atoms with E-state index in [-0.39, 0.29) is 11.0 Å². The number of aromatic nitrogens is 1. The van der Waals surface area contributed by atoms with Gasteiger partial charge in [-0.2, -0.15) is 5.26 Å². The van der Waals surface area contributed by atoms with Gasteiger partial charge in [-0.05, 0) is 36.7 Å². The second-order valence-electron chi connectivity index (χ2n) is 7.27. The molecule has 2 rings (SSSR count). The molecule has 0 saturated heterocycles. The zero-order valence-corrected chi connectivity index (χ0v) is 14.1. The van der Waals surface area contributed by atoms with E-state index in [1.165, 1.54) is 0 Å². The van der Waals surface area contributed by atoms with Crippen molar-refractivity contribution in [2.45, 2.75) is 50.7 Å². The van der Waals surface area contributed by atoms with Crippen LogP contribution in [-0.2, 0) is 9.84 Å². The summed E-state index contributed by atoms with van der Waals surface area (Å²) in [5.74, 6) is 0.288. The first-order chi connectivity index (χ1) is 9.23. The number of nitriles is 1. The summed E-state index contributed by atoms with van der Waals surface area (Å²) in [6.45, 7) is 11.9. The smallest absolute Gasteiger partial charge is 0.191 e. The first-order valence-corrected chi connectivity index (χ1v) is 10.1. The molecule has 0 radical (unpaired) electrons. The van der Waals surface area contributed by atoms with Crippen molar-refractivity contribution in [1.82, 2.24) is 4.98 Å². The SMILES string of the molecule is CC(C)(C)[Si](C)(C)OC[C@H]1C[C@]1(C#N)c1ccccn1. The highest BCUT2D eigenvalue weighted by Gasteiger charge is 2.58. The fourth-order valence-corrected chi connectivity index (χ4v) is 3.24. The van der Waals surface area contributed by atoms with Crippen molar-refractivity contribution in [1.29, 1.82) is 5.26 Å². The van der Waals surface area contributed by atoms with Crippen LogP contribution in [0.15, 0.2) is 24.4 Å². The monoisotopic (exact) mass is 288 g/mol. The van der Waals surface area contributed by atoms with Gasteiger partial charge in [0.15, 0.2) is 8.32 Å². The van der Waals surface area contributed by atoms with Gasteiger partial charge < -0.3 is 4.43 Å². The van der Waals surface area contributed by atoms with Crippen molar-refractivity contribution in [2.24, 2.45) is 5.92 Å². The summed E-state index contributed by atoms with van der Waals surface area (Å²) in [5.41, 5.74) is 0.482. The van der Waals surface area contributed by atoms with Crippen LogP contribution in [0.25, 0.3) is 0 Å². The van der Waals surface area contributed by atoms with Gasteiger partial charge >= 0.3 is 0 Å². The normalized spacial score (nSPS) is 26.1. The van der Waals surface area contributed by atoms with Crippen LogP contribution in [0.4, 0.5) is 0 Å². The van der Waals surface area contributed by atoms with Crippen molar-refractivity contribution in [2.75, 3.05) is 6.61 Å². The van der Waals surface area contributed by atoms with E-state index in [2.05, 4.69) is 44.9 Å². The van der Waals surface area contributed by atoms with Crippen LogP contribution in [0, 0.1) is 17.2 Å². The fraction of sp³-hybridized carbons (Fsp3) is 0.625. The van der Waals surface area contributed by atoms with E-state index < -0.39 is 13.7 Å². The number of hydrogen-bond acceptors (Lipinski definition) is 3. The van der Waals surface area contributed by atoms with Gasteiger partial charge in [-0.1, -0.05) is 26.8 Å². The Hall–Kier alpha value is -1.18. The van der Waals surface area contributed by atoms with Crippen LogP contribution < -0.4 is 0 Å². The Morgan fingerprint density at radius 1 is 1.45 bits per heavy atom. The van der Waals surface area contributed by atoms with Crippen LogP contribution in [-0.4, -0.2) is 19.9 Å². The van der Waals surface area contributed by atoms with Crippen molar-refractivity contribution in [3.8, 4) is 6.07 Å². The first kappa shape index (κ1) is 15.2. The van der Waals surface area contributed by atoms with Gasteiger partial charge in [0.2, 0.25) is 0 Å². The van der Waals surface area contributed by atoms with Gasteiger partial charge in [0.25, 0.3) is 0 Å². The Kier molecular flexibility index (Phi) is 3.79. The Morgan fingerprint density at radius 3 is 2.65 bits per heavy atom. The van der Waals surface area contributed by atoms with Gasteiger partial charge in [0, 0.05) is 18.7 Å². The Morgan fingerprint density at radius 2 is 2.15 bits per heavy atom. The molecule has 1 heterocycles. The third-order valence-corrected chi connectivity index (χ3v) is 9.38. The maximum atomic E-state index is 9.54. The summed E-state index contributed by atoms with van der Waals surface area (Å²) >= 11 is 0. The standard InChI is InChI=1S/C16H24N2OSi/c1-15(2,3)20(4,5)19-11-13-10-16(13,12-17)14-8-6-7-9-18-14/h6-9,13H,10-11H2,1-5H3/t13-,16-/m1/s1. The molecule has 3 nitrogen and oxygen atoms in total. The van der Waals surface area contributed by atoms with Crippen LogP contribution in [0.3, 0.4) is 0 Å². The largest absolute Gasteiger partial charge is 0.416 e. The van der Waals surface area contributed by atoms with E-state index in [1.54, 1.807) is 6.20 Å². The summed E-state index contributed by atoms with van der Waals surface area (Å²) in [5, 5.41) is 9.75. The zero-order chi connectivity index (χ0) is 15.0. The summed E-state index contributed by atoms with van der Waals surface area (Å²) in [6, 6.07) is 8.26. The predicted molar refractivity (Wildman–Crippen MR) is 82.8 cm³/mol. The molecule has 2 atom stereocenters. The van der Waals surface area contributed by atoms with E-state index in [0.717, 1.165) is 12.1 Å². The molecule has 0 amide bonds. The van der Waals surface area contributed by atoms with E-state index in [0.29, 0.717) is 6.61 Å². The van der Waals surface area contributed by atoms with Gasteiger partial charge in [-0.25, -0.2) is 0 Å². The number of pyridine rings is 1. The maximum absolute atomic E-state index is 9.54. The van der Waals surface area contributed by atoms with Crippen LogP contribution >= 0.6 is 0 Å². The van der Waals surface area contributed by atoms with Gasteiger partial charge in [0.1, 0.15) is 5.41 Å². The molecular formula is C16H24N2OSi. The second-order valence-corrected chi connectivity index (χ2v) is 12.1. The van der Waals surface area contributed by atoms with Crippen molar-refractivity contribution in [3.05, 3.63) is 30.1 Å². The lowest BCUT2D eigenvalue weighted by atomic mass is 10.0. The molecule has 1 aromatic rings. The molecule has 108 valence electrons. The number of hydrogen-bond donors (Lipinski definition) is 0. The molecule has 1 aromatic heterocycles. The first-order valence-electron chi connectivity index (χ1n) is 7.20. The third kappa shape index (κ3) is 2.65. The minimum Gasteiger partial charge on any atom is -0.416 e. The molecule has 0 bridgehead atoms. The third-order valence-electron chi connectivity index (χ3n) is 4.88. The molecule has 1 saturated carbocycles. The number of nitrogens with zero attached hydrogens (tertiary/aromatic N) is 2. The van der Waals surface area contributed by atoms with E-state index in [4.69, 9.17) is 4.43 Å². The Labute approximate surface area is 123 Å². The van der Waals surface area contributed by atoms with Crippen molar-refractivity contribution < 1.29 is 4.43 Å². The summed E-state index contributed by atoms with van der Waals surface area (Å²) in [6.07, 6.45) is 2.63.